The van der Waals surface area contributed by atoms with Crippen LogP contribution in [0.15, 0.2) is 77.7 Å². The molecule has 1 saturated heterocycles. The fourth-order valence-electron chi connectivity index (χ4n) is 4.22. The van der Waals surface area contributed by atoms with Gasteiger partial charge in [0.1, 0.15) is 12.3 Å². The summed E-state index contributed by atoms with van der Waals surface area (Å²) in [6, 6.07) is 20.8. The second-order valence-electron chi connectivity index (χ2n) is 9.04. The zero-order valence-corrected chi connectivity index (χ0v) is 21.8. The lowest BCUT2D eigenvalue weighted by Gasteiger charge is -2.24. The molecule has 0 aliphatic carbocycles. The normalized spacial score (nSPS) is 13.5. The lowest BCUT2D eigenvalue weighted by Crippen LogP contribution is -2.40. The first-order chi connectivity index (χ1) is 17.8. The van der Waals surface area contributed by atoms with Gasteiger partial charge in [0.25, 0.3) is 10.0 Å². The zero-order chi connectivity index (χ0) is 26.4. The fourth-order valence-corrected chi connectivity index (χ4v) is 5.64. The van der Waals surface area contributed by atoms with Crippen molar-refractivity contribution in [1.82, 2.24) is 10.2 Å². The number of likely N-dealkylation sites (tertiary alicyclic amines) is 1. The summed E-state index contributed by atoms with van der Waals surface area (Å²) in [5.41, 5.74) is 3.24. The second kappa shape index (κ2) is 11.5. The van der Waals surface area contributed by atoms with Crippen LogP contribution in [0.3, 0.4) is 0 Å². The van der Waals surface area contributed by atoms with Gasteiger partial charge in [-0.25, -0.2) is 8.42 Å². The van der Waals surface area contributed by atoms with Crippen LogP contribution in [0, 0.1) is 6.92 Å². The first-order valence-electron chi connectivity index (χ1n) is 12.1. The van der Waals surface area contributed by atoms with Gasteiger partial charge in [-0.2, -0.15) is 0 Å². The van der Waals surface area contributed by atoms with Crippen LogP contribution < -0.4 is 14.4 Å². The molecule has 0 saturated carbocycles. The van der Waals surface area contributed by atoms with Gasteiger partial charge in [-0.1, -0.05) is 42.0 Å². The predicted octanol–water partition coefficient (Wildman–Crippen LogP) is 3.64. The molecule has 0 bridgehead atoms. The third-order valence-corrected chi connectivity index (χ3v) is 8.07. The number of rotatable bonds is 10. The van der Waals surface area contributed by atoms with Crippen molar-refractivity contribution in [3.63, 3.8) is 0 Å². The Labute approximate surface area is 217 Å². The summed E-state index contributed by atoms with van der Waals surface area (Å²) in [4.78, 5) is 26.8. The van der Waals surface area contributed by atoms with Crippen LogP contribution in [-0.4, -0.2) is 45.3 Å². The summed E-state index contributed by atoms with van der Waals surface area (Å²) in [6.07, 6.45) is 1.47. The van der Waals surface area contributed by atoms with E-state index in [0.29, 0.717) is 24.4 Å². The smallest absolute Gasteiger partial charge is 0.264 e. The van der Waals surface area contributed by atoms with Crippen molar-refractivity contribution < 1.29 is 22.7 Å². The van der Waals surface area contributed by atoms with E-state index in [9.17, 15) is 18.0 Å². The minimum Gasteiger partial charge on any atom is -0.497 e. The van der Waals surface area contributed by atoms with E-state index >= 15 is 0 Å². The van der Waals surface area contributed by atoms with Gasteiger partial charge >= 0.3 is 0 Å². The highest BCUT2D eigenvalue weighted by Gasteiger charge is 2.27. The van der Waals surface area contributed by atoms with Crippen molar-refractivity contribution >= 4 is 27.5 Å². The molecule has 0 spiro atoms. The molecule has 4 rings (SSSR count). The molecule has 1 fully saturated rings. The summed E-state index contributed by atoms with van der Waals surface area (Å²) in [6.45, 7) is 3.08. The minimum atomic E-state index is -4.02. The number of amides is 2. The van der Waals surface area contributed by atoms with E-state index < -0.39 is 15.9 Å². The molecule has 3 aromatic rings. The number of ether oxygens (including phenoxy) is 1. The van der Waals surface area contributed by atoms with Gasteiger partial charge in [-0.15, -0.1) is 0 Å². The molecule has 8 nitrogen and oxygen atoms in total. The number of sulfonamides is 1. The van der Waals surface area contributed by atoms with E-state index in [-0.39, 0.29) is 23.9 Å². The zero-order valence-electron chi connectivity index (χ0n) is 21.0. The Morgan fingerprint density at radius 1 is 1.03 bits per heavy atom. The quantitative estimate of drug-likeness (QED) is 0.440. The Morgan fingerprint density at radius 3 is 2.38 bits per heavy atom. The molecule has 37 heavy (non-hydrogen) atoms. The monoisotopic (exact) mass is 521 g/mol. The maximum absolute atomic E-state index is 13.5. The number of benzene rings is 3. The molecule has 0 aromatic heterocycles. The maximum atomic E-state index is 13.5. The molecule has 0 atom stereocenters. The Balaban J connectivity index is 1.48. The average molecular weight is 522 g/mol. The third-order valence-electron chi connectivity index (χ3n) is 6.28. The molecule has 1 heterocycles. The van der Waals surface area contributed by atoms with Crippen LogP contribution >= 0.6 is 0 Å². The van der Waals surface area contributed by atoms with Crippen LogP contribution in [0.4, 0.5) is 5.69 Å². The average Bonchev–Trinajstić information content (AvgIpc) is 3.30. The number of hydrogen-bond acceptors (Lipinski definition) is 5. The Bertz CT molecular complexity index is 1360. The van der Waals surface area contributed by atoms with Crippen LogP contribution in [0.2, 0.25) is 0 Å². The first-order valence-corrected chi connectivity index (χ1v) is 13.6. The molecule has 9 heteroatoms. The highest BCUT2D eigenvalue weighted by molar-refractivity contribution is 7.92. The van der Waals surface area contributed by atoms with Gasteiger partial charge in [0.2, 0.25) is 11.8 Å². The molecule has 194 valence electrons. The van der Waals surface area contributed by atoms with Gasteiger partial charge in [-0.05, 0) is 60.9 Å². The van der Waals surface area contributed by atoms with Crippen LogP contribution in [0.5, 0.6) is 5.75 Å². The van der Waals surface area contributed by atoms with Crippen LogP contribution in [-0.2, 0) is 32.7 Å². The second-order valence-corrected chi connectivity index (χ2v) is 10.9. The summed E-state index contributed by atoms with van der Waals surface area (Å²) in [5, 5.41) is 2.84. The van der Waals surface area contributed by atoms with Crippen molar-refractivity contribution in [1.29, 1.82) is 0 Å². The lowest BCUT2D eigenvalue weighted by molar-refractivity contribution is -0.128. The van der Waals surface area contributed by atoms with Gasteiger partial charge < -0.3 is 15.0 Å². The van der Waals surface area contributed by atoms with E-state index in [1.807, 2.05) is 36.1 Å². The summed E-state index contributed by atoms with van der Waals surface area (Å²) in [7, 11) is -2.51. The molecule has 2 amide bonds. The fraction of sp³-hybridized carbons (Fsp3) is 0.286. The van der Waals surface area contributed by atoms with Gasteiger partial charge in [0.15, 0.2) is 0 Å². The highest BCUT2D eigenvalue weighted by atomic mass is 32.2. The van der Waals surface area contributed by atoms with Gasteiger partial charge in [0, 0.05) is 26.1 Å². The predicted molar refractivity (Wildman–Crippen MR) is 142 cm³/mol. The van der Waals surface area contributed by atoms with Crippen molar-refractivity contribution in [2.24, 2.45) is 0 Å². The first kappa shape index (κ1) is 26.2. The van der Waals surface area contributed by atoms with E-state index in [1.54, 1.807) is 36.4 Å². The molecule has 1 aliphatic heterocycles. The van der Waals surface area contributed by atoms with Crippen molar-refractivity contribution in [3.05, 3.63) is 89.5 Å². The molecular weight excluding hydrogens is 490 g/mol. The maximum Gasteiger partial charge on any atom is 0.264 e. The molecular formula is C28H31N3O5S. The van der Waals surface area contributed by atoms with E-state index in [0.717, 1.165) is 34.0 Å². The number of nitrogens with zero attached hydrogens (tertiary/aromatic N) is 2. The third kappa shape index (κ3) is 6.48. The highest BCUT2D eigenvalue weighted by Crippen LogP contribution is 2.25. The molecule has 1 aliphatic rings. The summed E-state index contributed by atoms with van der Waals surface area (Å²) in [5.74, 6) is 0.265. The van der Waals surface area contributed by atoms with Gasteiger partial charge in [-0.3, -0.25) is 13.9 Å². The summed E-state index contributed by atoms with van der Waals surface area (Å²) >= 11 is 0. The number of anilines is 1. The topological polar surface area (TPSA) is 96.0 Å². The molecule has 1 N–H and O–H groups in total. The van der Waals surface area contributed by atoms with Crippen molar-refractivity contribution in [3.8, 4) is 5.75 Å². The van der Waals surface area contributed by atoms with Crippen molar-refractivity contribution in [2.45, 2.75) is 37.8 Å². The number of hydrogen-bond donors (Lipinski definition) is 1. The number of carbonyl (C=O) groups excluding carboxylic acids is 2. The van der Waals surface area contributed by atoms with E-state index in [4.69, 9.17) is 4.74 Å². The van der Waals surface area contributed by atoms with Crippen LogP contribution in [0.1, 0.15) is 29.5 Å². The minimum absolute atomic E-state index is 0.0610. The number of aryl methyl sites for hydroxylation is 1. The number of nitrogens with one attached hydrogen (secondary N) is 1. The Kier molecular flexibility index (Phi) is 8.13. The Morgan fingerprint density at radius 2 is 1.73 bits per heavy atom. The van der Waals surface area contributed by atoms with E-state index in [1.165, 1.54) is 19.2 Å². The van der Waals surface area contributed by atoms with E-state index in [2.05, 4.69) is 5.32 Å². The number of carbonyl (C=O) groups is 2. The standard InChI is InChI=1S/C28H31N3O5S/c1-21-8-10-24(11-9-21)31(37(34,35)26-14-12-25(36-2)13-15-26)20-27(32)29-18-22-5-3-6-23(17-22)19-30-16-4-7-28(30)33/h3,5-6,8-15,17H,4,7,16,18-20H2,1-2H3,(H,29,32). The summed E-state index contributed by atoms with van der Waals surface area (Å²) < 4.78 is 33.3. The molecule has 3 aromatic carbocycles. The molecule has 0 radical (unpaired) electrons. The molecule has 0 unspecified atom stereocenters. The Hall–Kier alpha value is -3.85. The SMILES string of the molecule is COc1ccc(S(=O)(=O)N(CC(=O)NCc2cccc(CN3CCCC3=O)c2)c2ccc(C)cc2)cc1. The largest absolute Gasteiger partial charge is 0.497 e. The van der Waals surface area contributed by atoms with Crippen molar-refractivity contribution in [2.75, 3.05) is 24.5 Å². The van der Waals surface area contributed by atoms with Gasteiger partial charge in [0.05, 0.1) is 17.7 Å². The lowest BCUT2D eigenvalue weighted by atomic mass is 10.1. The van der Waals surface area contributed by atoms with Crippen LogP contribution in [0.25, 0.3) is 0 Å². The number of methoxy groups -OCH3 is 1.